The van der Waals surface area contributed by atoms with Crippen LogP contribution in [-0.4, -0.2) is 19.5 Å². The van der Waals surface area contributed by atoms with Crippen molar-refractivity contribution in [2.75, 3.05) is 7.11 Å². The average molecular weight is 228 g/mol. The Bertz CT molecular complexity index is 516. The number of hydrogen-bond acceptors (Lipinski definition) is 4. The zero-order valence-electron chi connectivity index (χ0n) is 9.41. The molecule has 0 spiro atoms. The summed E-state index contributed by atoms with van der Waals surface area (Å²) in [5.41, 5.74) is 0.881. The van der Waals surface area contributed by atoms with E-state index >= 15 is 0 Å². The first-order valence-electron chi connectivity index (χ1n) is 5.13. The van der Waals surface area contributed by atoms with Gasteiger partial charge in [0.15, 0.2) is 0 Å². The Kier molecular flexibility index (Phi) is 3.70. The Morgan fingerprint density at radius 3 is 2.65 bits per heavy atom. The summed E-state index contributed by atoms with van der Waals surface area (Å²) in [5.74, 6) is 1.44. The SMILES string of the molecule is COc1ccccc1/C=N\N=C/c1ccco1. The number of para-hydroxylation sites is 1. The van der Waals surface area contributed by atoms with Crippen LogP contribution in [0.25, 0.3) is 0 Å². The molecule has 1 heterocycles. The molecule has 86 valence electrons. The fraction of sp³-hybridized carbons (Fsp3) is 0.0769. The van der Waals surface area contributed by atoms with E-state index < -0.39 is 0 Å². The van der Waals surface area contributed by atoms with E-state index in [2.05, 4.69) is 10.2 Å². The lowest BCUT2D eigenvalue weighted by Gasteiger charge is -2.01. The lowest BCUT2D eigenvalue weighted by atomic mass is 10.2. The summed E-state index contributed by atoms with van der Waals surface area (Å²) >= 11 is 0. The molecule has 0 fully saturated rings. The van der Waals surface area contributed by atoms with Gasteiger partial charge in [0.2, 0.25) is 0 Å². The van der Waals surface area contributed by atoms with E-state index in [0.29, 0.717) is 5.76 Å². The second-order valence-electron chi connectivity index (χ2n) is 3.25. The van der Waals surface area contributed by atoms with Gasteiger partial charge in [0, 0.05) is 5.56 Å². The van der Waals surface area contributed by atoms with Crippen LogP contribution in [-0.2, 0) is 0 Å². The van der Waals surface area contributed by atoms with Gasteiger partial charge in [-0.05, 0) is 24.3 Å². The monoisotopic (exact) mass is 228 g/mol. The van der Waals surface area contributed by atoms with Crippen molar-refractivity contribution >= 4 is 12.4 Å². The predicted octanol–water partition coefficient (Wildman–Crippen LogP) is 2.74. The molecule has 4 heteroatoms. The highest BCUT2D eigenvalue weighted by atomic mass is 16.5. The van der Waals surface area contributed by atoms with Gasteiger partial charge in [-0.2, -0.15) is 10.2 Å². The average Bonchev–Trinajstić information content (AvgIpc) is 2.88. The fourth-order valence-corrected chi connectivity index (χ4v) is 1.32. The summed E-state index contributed by atoms with van der Waals surface area (Å²) in [5, 5.41) is 7.81. The summed E-state index contributed by atoms with van der Waals surface area (Å²) < 4.78 is 10.3. The minimum absolute atomic E-state index is 0.669. The highest BCUT2D eigenvalue weighted by Gasteiger charge is 1.96. The number of nitrogens with zero attached hydrogens (tertiary/aromatic N) is 2. The number of hydrogen-bond donors (Lipinski definition) is 0. The molecular formula is C13H12N2O2. The highest BCUT2D eigenvalue weighted by molar-refractivity contribution is 5.84. The second kappa shape index (κ2) is 5.65. The first kappa shape index (κ1) is 11.1. The van der Waals surface area contributed by atoms with Crippen molar-refractivity contribution in [2.45, 2.75) is 0 Å². The van der Waals surface area contributed by atoms with Gasteiger partial charge in [0.1, 0.15) is 11.5 Å². The van der Waals surface area contributed by atoms with Gasteiger partial charge in [0.25, 0.3) is 0 Å². The van der Waals surface area contributed by atoms with Gasteiger partial charge in [0.05, 0.1) is 25.8 Å². The second-order valence-corrected chi connectivity index (χ2v) is 3.25. The van der Waals surface area contributed by atoms with E-state index in [4.69, 9.17) is 9.15 Å². The van der Waals surface area contributed by atoms with Crippen LogP contribution < -0.4 is 4.74 Å². The van der Waals surface area contributed by atoms with Crippen molar-refractivity contribution in [1.29, 1.82) is 0 Å². The van der Waals surface area contributed by atoms with Gasteiger partial charge in [-0.1, -0.05) is 12.1 Å². The number of benzene rings is 1. The van der Waals surface area contributed by atoms with Crippen molar-refractivity contribution in [3.8, 4) is 5.75 Å². The van der Waals surface area contributed by atoms with Gasteiger partial charge in [-0.3, -0.25) is 0 Å². The lowest BCUT2D eigenvalue weighted by Crippen LogP contribution is -1.89. The van der Waals surface area contributed by atoms with Crippen LogP contribution >= 0.6 is 0 Å². The summed E-state index contributed by atoms with van der Waals surface area (Å²) in [6, 6.07) is 11.2. The summed E-state index contributed by atoms with van der Waals surface area (Å²) in [7, 11) is 1.62. The quantitative estimate of drug-likeness (QED) is 0.596. The molecule has 1 aromatic carbocycles. The van der Waals surface area contributed by atoms with Gasteiger partial charge >= 0.3 is 0 Å². The minimum Gasteiger partial charge on any atom is -0.496 e. The van der Waals surface area contributed by atoms with E-state index in [1.54, 1.807) is 31.9 Å². The van der Waals surface area contributed by atoms with E-state index in [1.807, 2.05) is 30.3 Å². The highest BCUT2D eigenvalue weighted by Crippen LogP contribution is 2.14. The van der Waals surface area contributed by atoms with Gasteiger partial charge < -0.3 is 9.15 Å². The third-order valence-electron chi connectivity index (χ3n) is 2.13. The third kappa shape index (κ3) is 3.04. The Labute approximate surface area is 99.3 Å². The molecular weight excluding hydrogens is 216 g/mol. The minimum atomic E-state index is 0.669. The Balaban J connectivity index is 2.05. The molecule has 2 rings (SSSR count). The topological polar surface area (TPSA) is 47.1 Å². The van der Waals surface area contributed by atoms with Crippen LogP contribution in [0.2, 0.25) is 0 Å². The molecule has 0 saturated carbocycles. The van der Waals surface area contributed by atoms with Crippen LogP contribution in [0.4, 0.5) is 0 Å². The molecule has 1 aromatic heterocycles. The summed E-state index contributed by atoms with van der Waals surface area (Å²) in [4.78, 5) is 0. The van der Waals surface area contributed by atoms with Gasteiger partial charge in [-0.15, -0.1) is 0 Å². The van der Waals surface area contributed by atoms with Crippen LogP contribution in [0.3, 0.4) is 0 Å². The van der Waals surface area contributed by atoms with Crippen molar-refractivity contribution in [1.82, 2.24) is 0 Å². The van der Waals surface area contributed by atoms with Crippen LogP contribution in [0.1, 0.15) is 11.3 Å². The standard InChI is InChI=1S/C13H12N2O2/c1-16-13-7-3-2-5-11(13)9-14-15-10-12-6-4-8-17-12/h2-10H,1H3/b14-9-,15-10-. The maximum Gasteiger partial charge on any atom is 0.146 e. The molecule has 0 aliphatic carbocycles. The van der Waals surface area contributed by atoms with Gasteiger partial charge in [-0.25, -0.2) is 0 Å². The maximum atomic E-state index is 5.19. The molecule has 0 atom stereocenters. The molecule has 4 nitrogen and oxygen atoms in total. The zero-order valence-corrected chi connectivity index (χ0v) is 9.41. The number of rotatable bonds is 4. The molecule has 0 aliphatic rings. The molecule has 0 radical (unpaired) electrons. The lowest BCUT2D eigenvalue weighted by molar-refractivity contribution is 0.414. The van der Waals surface area contributed by atoms with E-state index in [0.717, 1.165) is 11.3 Å². The summed E-state index contributed by atoms with van der Waals surface area (Å²) in [6.07, 6.45) is 4.77. The van der Waals surface area contributed by atoms with Crippen molar-refractivity contribution in [3.05, 3.63) is 54.0 Å². The molecule has 17 heavy (non-hydrogen) atoms. The maximum absolute atomic E-state index is 5.19. The predicted molar refractivity (Wildman–Crippen MR) is 66.9 cm³/mol. The van der Waals surface area contributed by atoms with Crippen molar-refractivity contribution in [3.63, 3.8) is 0 Å². The molecule has 2 aromatic rings. The molecule has 0 aliphatic heterocycles. The summed E-state index contributed by atoms with van der Waals surface area (Å²) in [6.45, 7) is 0. The largest absolute Gasteiger partial charge is 0.496 e. The molecule has 0 saturated heterocycles. The van der Waals surface area contributed by atoms with E-state index in [1.165, 1.54) is 0 Å². The van der Waals surface area contributed by atoms with E-state index in [9.17, 15) is 0 Å². The number of methoxy groups -OCH3 is 1. The van der Waals surface area contributed by atoms with Crippen molar-refractivity contribution in [2.24, 2.45) is 10.2 Å². The van der Waals surface area contributed by atoms with Crippen LogP contribution in [0.15, 0.2) is 57.3 Å². The molecule has 0 bridgehead atoms. The Morgan fingerprint density at radius 1 is 1.06 bits per heavy atom. The third-order valence-corrected chi connectivity index (χ3v) is 2.13. The van der Waals surface area contributed by atoms with Crippen LogP contribution in [0, 0.1) is 0 Å². The van der Waals surface area contributed by atoms with E-state index in [-0.39, 0.29) is 0 Å². The Morgan fingerprint density at radius 2 is 1.88 bits per heavy atom. The zero-order chi connectivity index (χ0) is 11.9. The first-order valence-corrected chi connectivity index (χ1v) is 5.13. The fourth-order valence-electron chi connectivity index (χ4n) is 1.32. The molecule has 0 N–H and O–H groups in total. The Hall–Kier alpha value is -2.36. The number of ether oxygens (including phenoxy) is 1. The first-order chi connectivity index (χ1) is 8.40. The molecule has 0 unspecified atom stereocenters. The normalized spacial score (nSPS) is 11.4. The number of furan rings is 1. The molecule has 0 amide bonds. The van der Waals surface area contributed by atoms with Crippen molar-refractivity contribution < 1.29 is 9.15 Å². The smallest absolute Gasteiger partial charge is 0.146 e. The van der Waals surface area contributed by atoms with Crippen LogP contribution in [0.5, 0.6) is 5.75 Å².